The van der Waals surface area contributed by atoms with Crippen LogP contribution in [0.4, 0.5) is 23.5 Å². The molecule has 1 amide bonds. The number of nitrogens with one attached hydrogen (secondary N) is 4. The molecule has 1 saturated heterocycles. The molecule has 1 atom stereocenters. The first-order chi connectivity index (χ1) is 15.2. The maximum atomic E-state index is 12.9. The molecular weight excluding hydrogens is 396 g/mol. The standard InChI is InChI=1S/C20H24N10O/c31-18(26-19-21-10-22-29-19)15-5-2-8-30(15)20-23-13-4-1-3-12(13)17(25-20)24-16-9-14(27-28-16)11-6-7-11/h9-11,15H,1-8H2,(H2,21,22,26,29,31)(H2,23,24,25,27,28)/t15-/m0/s1. The number of fused-ring (bicyclic) bond motifs is 1. The average Bonchev–Trinajstić information content (AvgIpc) is 3.27. The zero-order chi connectivity index (χ0) is 20.8. The third kappa shape index (κ3) is 3.49. The smallest absolute Gasteiger partial charge is 0.249 e. The number of H-pyrrole nitrogens is 2. The van der Waals surface area contributed by atoms with Crippen molar-refractivity contribution >= 4 is 29.4 Å². The van der Waals surface area contributed by atoms with E-state index in [0.29, 0.717) is 17.8 Å². The predicted octanol–water partition coefficient (Wildman–Crippen LogP) is 2.03. The molecule has 0 bridgehead atoms. The van der Waals surface area contributed by atoms with Gasteiger partial charge in [-0.3, -0.25) is 15.2 Å². The molecule has 2 fully saturated rings. The molecule has 31 heavy (non-hydrogen) atoms. The first-order valence-electron chi connectivity index (χ1n) is 10.9. The fourth-order valence-corrected chi connectivity index (χ4v) is 4.52. The highest BCUT2D eigenvalue weighted by atomic mass is 16.2. The van der Waals surface area contributed by atoms with Crippen molar-refractivity contribution in [1.82, 2.24) is 35.3 Å². The average molecular weight is 420 g/mol. The molecule has 1 aliphatic heterocycles. The highest BCUT2D eigenvalue weighted by Gasteiger charge is 2.34. The fraction of sp³-hybridized carbons (Fsp3) is 0.500. The summed E-state index contributed by atoms with van der Waals surface area (Å²) >= 11 is 0. The van der Waals surface area contributed by atoms with Crippen molar-refractivity contribution in [2.24, 2.45) is 0 Å². The van der Waals surface area contributed by atoms with Gasteiger partial charge in [-0.15, -0.1) is 0 Å². The van der Waals surface area contributed by atoms with Crippen LogP contribution in [0.25, 0.3) is 0 Å². The van der Waals surface area contributed by atoms with Crippen LogP contribution in [-0.2, 0) is 17.6 Å². The zero-order valence-corrected chi connectivity index (χ0v) is 17.1. The molecule has 0 radical (unpaired) electrons. The summed E-state index contributed by atoms with van der Waals surface area (Å²) < 4.78 is 0. The molecule has 0 aromatic carbocycles. The SMILES string of the molecule is O=C(Nc1ncn[nH]1)[C@@H]1CCCN1c1nc2c(c(Nc3cc(C4CC4)[nH]n3)n1)CCC2. The van der Waals surface area contributed by atoms with Crippen LogP contribution < -0.4 is 15.5 Å². The number of anilines is 4. The molecule has 4 heterocycles. The van der Waals surface area contributed by atoms with Gasteiger partial charge >= 0.3 is 0 Å². The number of aromatic amines is 2. The van der Waals surface area contributed by atoms with Crippen molar-refractivity contribution in [3.63, 3.8) is 0 Å². The van der Waals surface area contributed by atoms with E-state index in [2.05, 4.69) is 42.1 Å². The first kappa shape index (κ1) is 18.3. The summed E-state index contributed by atoms with van der Waals surface area (Å²) in [5.74, 6) is 3.00. The molecule has 4 N–H and O–H groups in total. The summed E-state index contributed by atoms with van der Waals surface area (Å²) in [5, 5.41) is 20.2. The van der Waals surface area contributed by atoms with Crippen LogP contribution in [0.1, 0.15) is 55.0 Å². The summed E-state index contributed by atoms with van der Waals surface area (Å²) in [5.41, 5.74) is 3.39. The van der Waals surface area contributed by atoms with Crippen LogP contribution in [0.3, 0.4) is 0 Å². The molecule has 160 valence electrons. The Hall–Kier alpha value is -3.50. The van der Waals surface area contributed by atoms with Crippen LogP contribution in [-0.4, -0.2) is 53.8 Å². The Morgan fingerprint density at radius 1 is 1.13 bits per heavy atom. The summed E-state index contributed by atoms with van der Waals surface area (Å²) in [4.78, 5) is 28.5. The van der Waals surface area contributed by atoms with E-state index in [-0.39, 0.29) is 11.9 Å². The van der Waals surface area contributed by atoms with Gasteiger partial charge in [0.25, 0.3) is 0 Å². The molecule has 3 aromatic heterocycles. The van der Waals surface area contributed by atoms with Crippen molar-refractivity contribution in [2.45, 2.75) is 56.9 Å². The Morgan fingerprint density at radius 2 is 2.06 bits per heavy atom. The van der Waals surface area contributed by atoms with E-state index in [1.165, 1.54) is 24.9 Å². The monoisotopic (exact) mass is 420 g/mol. The van der Waals surface area contributed by atoms with Crippen LogP contribution in [0.5, 0.6) is 0 Å². The lowest BCUT2D eigenvalue weighted by Gasteiger charge is -2.24. The third-order valence-corrected chi connectivity index (χ3v) is 6.25. The molecule has 11 heteroatoms. The second kappa shape index (κ2) is 7.33. The molecule has 0 unspecified atom stereocenters. The molecule has 6 rings (SSSR count). The van der Waals surface area contributed by atoms with E-state index in [4.69, 9.17) is 9.97 Å². The minimum absolute atomic E-state index is 0.130. The number of aryl methyl sites for hydroxylation is 1. The number of carbonyl (C=O) groups is 1. The van der Waals surface area contributed by atoms with Gasteiger partial charge in [0.1, 0.15) is 18.2 Å². The Kier molecular flexibility index (Phi) is 4.32. The van der Waals surface area contributed by atoms with Gasteiger partial charge in [0.2, 0.25) is 17.8 Å². The van der Waals surface area contributed by atoms with Crippen molar-refractivity contribution in [3.05, 3.63) is 29.3 Å². The van der Waals surface area contributed by atoms with Crippen LogP contribution in [0.15, 0.2) is 12.4 Å². The van der Waals surface area contributed by atoms with Crippen LogP contribution >= 0.6 is 0 Å². The highest BCUT2D eigenvalue weighted by molar-refractivity contribution is 5.95. The van der Waals surface area contributed by atoms with Gasteiger partial charge in [0.15, 0.2) is 5.82 Å². The fourth-order valence-electron chi connectivity index (χ4n) is 4.52. The van der Waals surface area contributed by atoms with Gasteiger partial charge in [-0.2, -0.15) is 20.2 Å². The highest BCUT2D eigenvalue weighted by Crippen LogP contribution is 2.40. The maximum Gasteiger partial charge on any atom is 0.249 e. The molecule has 3 aliphatic rings. The minimum Gasteiger partial charge on any atom is -0.329 e. The number of carbonyl (C=O) groups excluding carboxylic acids is 1. The number of hydrogen-bond donors (Lipinski definition) is 4. The van der Waals surface area contributed by atoms with Gasteiger partial charge in [-0.1, -0.05) is 0 Å². The second-order valence-electron chi connectivity index (χ2n) is 8.43. The molecule has 1 saturated carbocycles. The number of hydrogen-bond acceptors (Lipinski definition) is 8. The molecule has 3 aromatic rings. The largest absolute Gasteiger partial charge is 0.329 e. The van der Waals surface area contributed by atoms with Crippen LogP contribution in [0.2, 0.25) is 0 Å². The van der Waals surface area contributed by atoms with Gasteiger partial charge in [0, 0.05) is 29.8 Å². The lowest BCUT2D eigenvalue weighted by molar-refractivity contribution is -0.117. The molecule has 2 aliphatic carbocycles. The van der Waals surface area contributed by atoms with E-state index in [9.17, 15) is 4.79 Å². The van der Waals surface area contributed by atoms with Crippen molar-refractivity contribution in [2.75, 3.05) is 22.1 Å². The first-order valence-corrected chi connectivity index (χ1v) is 10.9. The normalized spacial score (nSPS) is 20.1. The number of aromatic nitrogens is 7. The Labute approximate surface area is 178 Å². The summed E-state index contributed by atoms with van der Waals surface area (Å²) in [6, 6.07) is 1.73. The molecule has 0 spiro atoms. The summed E-state index contributed by atoms with van der Waals surface area (Å²) in [6.07, 6.45) is 8.40. The van der Waals surface area contributed by atoms with E-state index in [1.807, 2.05) is 4.90 Å². The van der Waals surface area contributed by atoms with Gasteiger partial charge < -0.3 is 10.2 Å². The number of rotatable bonds is 6. The van der Waals surface area contributed by atoms with E-state index in [0.717, 1.165) is 61.5 Å². The predicted molar refractivity (Wildman–Crippen MR) is 113 cm³/mol. The Morgan fingerprint density at radius 3 is 2.90 bits per heavy atom. The zero-order valence-electron chi connectivity index (χ0n) is 17.1. The minimum atomic E-state index is -0.343. The molecule has 11 nitrogen and oxygen atoms in total. The number of amides is 1. The Balaban J connectivity index is 1.27. The van der Waals surface area contributed by atoms with Gasteiger partial charge in [0.05, 0.1) is 5.69 Å². The van der Waals surface area contributed by atoms with Crippen molar-refractivity contribution in [3.8, 4) is 0 Å². The van der Waals surface area contributed by atoms with E-state index in [1.54, 1.807) is 0 Å². The van der Waals surface area contributed by atoms with Gasteiger partial charge in [-0.25, -0.2) is 10.1 Å². The van der Waals surface area contributed by atoms with Gasteiger partial charge in [-0.05, 0) is 44.9 Å². The van der Waals surface area contributed by atoms with E-state index < -0.39 is 0 Å². The topological polar surface area (TPSA) is 140 Å². The summed E-state index contributed by atoms with van der Waals surface area (Å²) in [7, 11) is 0. The van der Waals surface area contributed by atoms with Crippen LogP contribution in [0, 0.1) is 0 Å². The lowest BCUT2D eigenvalue weighted by Crippen LogP contribution is -2.41. The summed E-state index contributed by atoms with van der Waals surface area (Å²) in [6.45, 7) is 0.737. The number of nitrogens with zero attached hydrogens (tertiary/aromatic N) is 6. The quantitative estimate of drug-likeness (QED) is 0.475. The van der Waals surface area contributed by atoms with Crippen molar-refractivity contribution < 1.29 is 4.79 Å². The maximum absolute atomic E-state index is 12.9. The second-order valence-corrected chi connectivity index (χ2v) is 8.43. The molecular formula is C20H24N10O. The Bertz CT molecular complexity index is 1100. The lowest BCUT2D eigenvalue weighted by atomic mass is 10.2. The van der Waals surface area contributed by atoms with E-state index >= 15 is 0 Å². The van der Waals surface area contributed by atoms with Crippen molar-refractivity contribution in [1.29, 1.82) is 0 Å². The third-order valence-electron chi connectivity index (χ3n) is 6.25.